The Morgan fingerprint density at radius 2 is 2.06 bits per heavy atom. The molecule has 17 heavy (non-hydrogen) atoms. The van der Waals surface area contributed by atoms with E-state index in [1.54, 1.807) is 6.20 Å². The topological polar surface area (TPSA) is 88.1 Å². The number of nitrogens with one attached hydrogen (secondary N) is 1. The molecular formula is C11H17N5O. The van der Waals surface area contributed by atoms with E-state index in [2.05, 4.69) is 21.9 Å². The van der Waals surface area contributed by atoms with Crippen molar-refractivity contribution in [2.45, 2.75) is 18.9 Å². The fraction of sp³-hybridized carbons (Fsp3) is 0.545. The van der Waals surface area contributed by atoms with Crippen molar-refractivity contribution in [3.63, 3.8) is 0 Å². The summed E-state index contributed by atoms with van der Waals surface area (Å²) in [5.74, 6) is 0.260. The number of nitrogen functional groups attached to an aromatic ring is 1. The van der Waals surface area contributed by atoms with Crippen LogP contribution < -0.4 is 10.5 Å². The quantitative estimate of drug-likeness (QED) is 0.578. The van der Waals surface area contributed by atoms with Gasteiger partial charge in [-0.1, -0.05) is 0 Å². The molecule has 1 aromatic rings. The molecule has 0 spiro atoms. The molecule has 0 atom stereocenters. The second-order valence-electron chi connectivity index (χ2n) is 4.24. The molecule has 3 N–H and O–H groups in total. The number of rotatable bonds is 3. The summed E-state index contributed by atoms with van der Waals surface area (Å²) in [5, 5.41) is 7.41. The molecule has 6 nitrogen and oxygen atoms in total. The number of piperidine rings is 1. The molecule has 1 aliphatic rings. The lowest BCUT2D eigenvalue weighted by Crippen LogP contribution is -2.36. The van der Waals surface area contributed by atoms with Gasteiger partial charge in [0.1, 0.15) is 11.9 Å². The summed E-state index contributed by atoms with van der Waals surface area (Å²) in [5.41, 5.74) is 5.76. The predicted molar refractivity (Wildman–Crippen MR) is 64.2 cm³/mol. The van der Waals surface area contributed by atoms with E-state index >= 15 is 0 Å². The zero-order chi connectivity index (χ0) is 12.3. The van der Waals surface area contributed by atoms with Gasteiger partial charge in [-0.25, -0.2) is 9.97 Å². The highest BCUT2D eigenvalue weighted by Crippen LogP contribution is 2.18. The Morgan fingerprint density at radius 1 is 1.41 bits per heavy atom. The van der Waals surface area contributed by atoms with Crippen LogP contribution in [0.5, 0.6) is 5.88 Å². The van der Waals surface area contributed by atoms with Crippen molar-refractivity contribution < 1.29 is 4.74 Å². The van der Waals surface area contributed by atoms with Crippen LogP contribution in [0, 0.1) is 5.41 Å². The Bertz CT molecular complexity index is 401. The molecule has 0 bridgehead atoms. The molecule has 6 heteroatoms. The maximum Gasteiger partial charge on any atom is 0.244 e. The fourth-order valence-corrected chi connectivity index (χ4v) is 1.86. The minimum absolute atomic E-state index is 0.110. The molecule has 0 radical (unpaired) electrons. The van der Waals surface area contributed by atoms with Gasteiger partial charge in [-0.2, -0.15) is 0 Å². The van der Waals surface area contributed by atoms with Crippen LogP contribution in [0.4, 0.5) is 0 Å². The fourth-order valence-electron chi connectivity index (χ4n) is 1.86. The summed E-state index contributed by atoms with van der Waals surface area (Å²) in [6.07, 6.45) is 5.13. The largest absolute Gasteiger partial charge is 0.473 e. The molecule has 1 saturated heterocycles. The van der Waals surface area contributed by atoms with Gasteiger partial charge in [0.05, 0.1) is 0 Å². The Hall–Kier alpha value is -1.69. The predicted octanol–water partition coefficient (Wildman–Crippen LogP) is 0.234. The number of hydrogen-bond acceptors (Lipinski definition) is 5. The van der Waals surface area contributed by atoms with Gasteiger partial charge in [0.2, 0.25) is 5.88 Å². The molecule has 1 fully saturated rings. The number of nitrogens with zero attached hydrogens (tertiary/aromatic N) is 3. The molecule has 0 aromatic carbocycles. The molecule has 0 unspecified atom stereocenters. The molecule has 92 valence electrons. The Balaban J connectivity index is 2.05. The monoisotopic (exact) mass is 235 g/mol. The van der Waals surface area contributed by atoms with Gasteiger partial charge in [0, 0.05) is 25.5 Å². The molecule has 1 aromatic heterocycles. The second kappa shape index (κ2) is 5.09. The van der Waals surface area contributed by atoms with Crippen molar-refractivity contribution in [3.05, 3.63) is 18.1 Å². The van der Waals surface area contributed by atoms with E-state index in [1.807, 2.05) is 0 Å². The maximum atomic E-state index is 7.41. The average Bonchev–Trinajstić information content (AvgIpc) is 2.32. The van der Waals surface area contributed by atoms with Crippen LogP contribution in [0.1, 0.15) is 18.5 Å². The van der Waals surface area contributed by atoms with Crippen LogP contribution in [-0.4, -0.2) is 46.9 Å². The van der Waals surface area contributed by atoms with E-state index in [-0.39, 0.29) is 11.9 Å². The van der Waals surface area contributed by atoms with Crippen molar-refractivity contribution >= 4 is 5.84 Å². The second-order valence-corrected chi connectivity index (χ2v) is 4.24. The van der Waals surface area contributed by atoms with Crippen LogP contribution in [0.25, 0.3) is 0 Å². The lowest BCUT2D eigenvalue weighted by atomic mass is 10.1. The van der Waals surface area contributed by atoms with Gasteiger partial charge in [0.25, 0.3) is 0 Å². The number of aromatic nitrogens is 2. The van der Waals surface area contributed by atoms with E-state index in [0.29, 0.717) is 11.6 Å². The first-order valence-corrected chi connectivity index (χ1v) is 5.67. The lowest BCUT2D eigenvalue weighted by Gasteiger charge is -2.29. The van der Waals surface area contributed by atoms with Gasteiger partial charge < -0.3 is 15.4 Å². The zero-order valence-electron chi connectivity index (χ0n) is 9.89. The molecule has 0 saturated carbocycles. The summed E-state index contributed by atoms with van der Waals surface area (Å²) in [7, 11) is 2.10. The number of amidine groups is 1. The smallest absolute Gasteiger partial charge is 0.244 e. The van der Waals surface area contributed by atoms with Crippen LogP contribution >= 0.6 is 0 Å². The van der Waals surface area contributed by atoms with Crippen molar-refractivity contribution in [2.75, 3.05) is 20.1 Å². The Kier molecular flexibility index (Phi) is 3.53. The number of likely N-dealkylation sites (tertiary alicyclic amines) is 1. The SMILES string of the molecule is CN1CCC(Oc2nccnc2C(=N)N)CC1. The first kappa shape index (κ1) is 11.8. The minimum atomic E-state index is -0.110. The van der Waals surface area contributed by atoms with Gasteiger partial charge in [-0.05, 0) is 19.9 Å². The Morgan fingerprint density at radius 3 is 2.71 bits per heavy atom. The third-order valence-corrected chi connectivity index (χ3v) is 2.86. The van der Waals surface area contributed by atoms with E-state index in [0.717, 1.165) is 25.9 Å². The lowest BCUT2D eigenvalue weighted by molar-refractivity contribution is 0.109. The highest BCUT2D eigenvalue weighted by Gasteiger charge is 2.20. The maximum absolute atomic E-state index is 7.41. The number of nitrogens with two attached hydrogens (primary N) is 1. The third kappa shape index (κ3) is 2.91. The first-order valence-electron chi connectivity index (χ1n) is 5.67. The molecule has 1 aliphatic heterocycles. The van der Waals surface area contributed by atoms with E-state index in [4.69, 9.17) is 15.9 Å². The van der Waals surface area contributed by atoms with Gasteiger partial charge in [0.15, 0.2) is 5.69 Å². The van der Waals surface area contributed by atoms with Crippen molar-refractivity contribution in [2.24, 2.45) is 5.73 Å². The molecule has 0 aliphatic carbocycles. The first-order chi connectivity index (χ1) is 8.16. The molecular weight excluding hydrogens is 218 g/mol. The molecule has 2 heterocycles. The minimum Gasteiger partial charge on any atom is -0.473 e. The molecule has 2 rings (SSSR count). The van der Waals surface area contributed by atoms with Crippen LogP contribution in [-0.2, 0) is 0 Å². The summed E-state index contributed by atoms with van der Waals surface area (Å²) in [6, 6.07) is 0. The summed E-state index contributed by atoms with van der Waals surface area (Å²) in [4.78, 5) is 10.4. The number of ether oxygens (including phenoxy) is 1. The normalized spacial score (nSPS) is 17.9. The van der Waals surface area contributed by atoms with Crippen molar-refractivity contribution in [3.8, 4) is 5.88 Å². The highest BCUT2D eigenvalue weighted by atomic mass is 16.5. The average molecular weight is 235 g/mol. The van der Waals surface area contributed by atoms with Gasteiger partial charge >= 0.3 is 0 Å². The van der Waals surface area contributed by atoms with Crippen LogP contribution in [0.15, 0.2) is 12.4 Å². The summed E-state index contributed by atoms with van der Waals surface area (Å²) < 4.78 is 5.77. The zero-order valence-corrected chi connectivity index (χ0v) is 9.89. The number of hydrogen-bond donors (Lipinski definition) is 2. The third-order valence-electron chi connectivity index (χ3n) is 2.86. The van der Waals surface area contributed by atoms with Crippen LogP contribution in [0.3, 0.4) is 0 Å². The standard InChI is InChI=1S/C11H17N5O/c1-16-6-2-8(3-7-16)17-11-9(10(12)13)14-4-5-15-11/h4-5,8H,2-3,6-7H2,1H3,(H3,12,13). The van der Waals surface area contributed by atoms with E-state index in [9.17, 15) is 0 Å². The van der Waals surface area contributed by atoms with E-state index < -0.39 is 0 Å². The molecule has 0 amide bonds. The van der Waals surface area contributed by atoms with Crippen molar-refractivity contribution in [1.82, 2.24) is 14.9 Å². The Labute approximate surface area is 100 Å². The van der Waals surface area contributed by atoms with Gasteiger partial charge in [-0.3, -0.25) is 5.41 Å². The van der Waals surface area contributed by atoms with Crippen molar-refractivity contribution in [1.29, 1.82) is 5.41 Å². The van der Waals surface area contributed by atoms with Crippen LogP contribution in [0.2, 0.25) is 0 Å². The summed E-state index contributed by atoms with van der Waals surface area (Å²) in [6.45, 7) is 2.03. The van der Waals surface area contributed by atoms with E-state index in [1.165, 1.54) is 6.20 Å². The van der Waals surface area contributed by atoms with Gasteiger partial charge in [-0.15, -0.1) is 0 Å². The summed E-state index contributed by atoms with van der Waals surface area (Å²) >= 11 is 0. The highest BCUT2D eigenvalue weighted by molar-refractivity contribution is 5.94.